The molecule has 0 radical (unpaired) electrons. The standard InChI is InChI=1S/C18H17FN2O4/c1-12(22)21(13-6-7-16-17(10-13)25-11-24-16)9-8-20-18(23)14-4-2-3-5-15(14)19/h2-7,10H,8-9,11H2,1H3,(H,20,23). The number of hydrogen-bond acceptors (Lipinski definition) is 4. The first kappa shape index (κ1) is 16.8. The fourth-order valence-electron chi connectivity index (χ4n) is 2.54. The maximum absolute atomic E-state index is 13.6. The van der Waals surface area contributed by atoms with Crippen molar-refractivity contribution >= 4 is 17.5 Å². The van der Waals surface area contributed by atoms with Gasteiger partial charge in [-0.3, -0.25) is 9.59 Å². The number of amides is 2. The maximum atomic E-state index is 13.6. The number of anilines is 1. The molecule has 0 aromatic heterocycles. The second kappa shape index (κ2) is 7.21. The van der Waals surface area contributed by atoms with E-state index in [0.29, 0.717) is 17.2 Å². The molecular weight excluding hydrogens is 327 g/mol. The Morgan fingerprint density at radius 2 is 1.92 bits per heavy atom. The summed E-state index contributed by atoms with van der Waals surface area (Å²) < 4.78 is 24.2. The first-order chi connectivity index (χ1) is 12.1. The van der Waals surface area contributed by atoms with Gasteiger partial charge in [-0.25, -0.2) is 4.39 Å². The first-order valence-electron chi connectivity index (χ1n) is 7.77. The van der Waals surface area contributed by atoms with Crippen molar-refractivity contribution in [3.8, 4) is 11.5 Å². The van der Waals surface area contributed by atoms with Crippen molar-refractivity contribution < 1.29 is 23.5 Å². The van der Waals surface area contributed by atoms with Crippen molar-refractivity contribution in [3.63, 3.8) is 0 Å². The van der Waals surface area contributed by atoms with Gasteiger partial charge in [0.05, 0.1) is 5.56 Å². The van der Waals surface area contributed by atoms with Crippen LogP contribution in [0.25, 0.3) is 0 Å². The van der Waals surface area contributed by atoms with Crippen molar-refractivity contribution in [2.45, 2.75) is 6.92 Å². The summed E-state index contributed by atoms with van der Waals surface area (Å²) in [5.41, 5.74) is 0.608. The second-order valence-electron chi connectivity index (χ2n) is 5.44. The Labute approximate surface area is 144 Å². The molecule has 0 bridgehead atoms. The Morgan fingerprint density at radius 3 is 2.68 bits per heavy atom. The Morgan fingerprint density at radius 1 is 1.16 bits per heavy atom. The molecule has 0 spiro atoms. The lowest BCUT2D eigenvalue weighted by atomic mass is 10.2. The minimum absolute atomic E-state index is 0.0278. The molecule has 2 aromatic rings. The molecule has 0 unspecified atom stereocenters. The summed E-state index contributed by atoms with van der Waals surface area (Å²) in [4.78, 5) is 25.4. The van der Waals surface area contributed by atoms with Crippen LogP contribution in [0, 0.1) is 5.82 Å². The van der Waals surface area contributed by atoms with Crippen LogP contribution in [0.4, 0.5) is 10.1 Å². The number of nitrogens with one attached hydrogen (secondary N) is 1. The van der Waals surface area contributed by atoms with E-state index in [1.807, 2.05) is 0 Å². The normalized spacial score (nSPS) is 11.9. The van der Waals surface area contributed by atoms with E-state index in [2.05, 4.69) is 5.32 Å². The number of benzene rings is 2. The van der Waals surface area contributed by atoms with E-state index in [1.54, 1.807) is 24.3 Å². The van der Waals surface area contributed by atoms with Gasteiger partial charge < -0.3 is 19.7 Å². The van der Waals surface area contributed by atoms with Crippen molar-refractivity contribution in [1.82, 2.24) is 5.32 Å². The van der Waals surface area contributed by atoms with Crippen LogP contribution in [0.2, 0.25) is 0 Å². The monoisotopic (exact) mass is 344 g/mol. The number of nitrogens with zero attached hydrogens (tertiary/aromatic N) is 1. The van der Waals surface area contributed by atoms with E-state index in [0.717, 1.165) is 0 Å². The van der Waals surface area contributed by atoms with Crippen molar-refractivity contribution in [2.75, 3.05) is 24.8 Å². The van der Waals surface area contributed by atoms with Gasteiger partial charge in [-0.1, -0.05) is 12.1 Å². The van der Waals surface area contributed by atoms with E-state index < -0.39 is 11.7 Å². The highest BCUT2D eigenvalue weighted by Gasteiger charge is 2.18. The zero-order chi connectivity index (χ0) is 17.8. The highest BCUT2D eigenvalue weighted by atomic mass is 19.1. The fourth-order valence-corrected chi connectivity index (χ4v) is 2.54. The third kappa shape index (κ3) is 3.71. The molecular formula is C18H17FN2O4. The van der Waals surface area contributed by atoms with Gasteiger partial charge in [-0.05, 0) is 24.3 Å². The summed E-state index contributed by atoms with van der Waals surface area (Å²) in [6.45, 7) is 2.01. The zero-order valence-corrected chi connectivity index (χ0v) is 13.6. The molecule has 3 rings (SSSR count). The molecule has 130 valence electrons. The highest BCUT2D eigenvalue weighted by Crippen LogP contribution is 2.35. The van der Waals surface area contributed by atoms with Crippen molar-refractivity contribution in [1.29, 1.82) is 0 Å². The third-order valence-corrected chi connectivity index (χ3v) is 3.79. The molecule has 6 nitrogen and oxygen atoms in total. The van der Waals surface area contributed by atoms with Crippen LogP contribution in [0.5, 0.6) is 11.5 Å². The lowest BCUT2D eigenvalue weighted by Crippen LogP contribution is -2.37. The first-order valence-corrected chi connectivity index (χ1v) is 7.77. The molecule has 2 aromatic carbocycles. The predicted octanol–water partition coefficient (Wildman–Crippen LogP) is 2.34. The molecule has 7 heteroatoms. The van der Waals surface area contributed by atoms with Crippen LogP contribution >= 0.6 is 0 Å². The molecule has 1 aliphatic rings. The van der Waals surface area contributed by atoms with Crippen LogP contribution in [0.15, 0.2) is 42.5 Å². The lowest BCUT2D eigenvalue weighted by Gasteiger charge is -2.21. The largest absolute Gasteiger partial charge is 0.454 e. The summed E-state index contributed by atoms with van der Waals surface area (Å²) in [5.74, 6) is -0.0928. The van der Waals surface area contributed by atoms with Crippen LogP contribution in [-0.2, 0) is 4.79 Å². The molecule has 1 aliphatic heterocycles. The van der Waals surface area contributed by atoms with E-state index in [1.165, 1.54) is 30.0 Å². The molecule has 1 heterocycles. The smallest absolute Gasteiger partial charge is 0.254 e. The van der Waals surface area contributed by atoms with Gasteiger partial charge in [0.25, 0.3) is 5.91 Å². The van der Waals surface area contributed by atoms with E-state index >= 15 is 0 Å². The van der Waals surface area contributed by atoms with E-state index in [4.69, 9.17) is 9.47 Å². The second-order valence-corrected chi connectivity index (χ2v) is 5.44. The van der Waals surface area contributed by atoms with Crippen LogP contribution in [0.3, 0.4) is 0 Å². The quantitative estimate of drug-likeness (QED) is 0.904. The van der Waals surface area contributed by atoms with Crippen LogP contribution < -0.4 is 19.7 Å². The summed E-state index contributed by atoms with van der Waals surface area (Å²) in [6.07, 6.45) is 0. The fraction of sp³-hybridized carbons (Fsp3) is 0.222. The Hall–Kier alpha value is -3.09. The van der Waals surface area contributed by atoms with E-state index in [-0.39, 0.29) is 31.4 Å². The minimum atomic E-state index is -0.584. The van der Waals surface area contributed by atoms with Gasteiger partial charge in [0.15, 0.2) is 11.5 Å². The molecule has 0 fully saturated rings. The number of ether oxygens (including phenoxy) is 2. The number of hydrogen-bond donors (Lipinski definition) is 1. The molecule has 0 aliphatic carbocycles. The van der Waals surface area contributed by atoms with Crippen molar-refractivity contribution in [2.24, 2.45) is 0 Å². The lowest BCUT2D eigenvalue weighted by molar-refractivity contribution is -0.116. The van der Waals surface area contributed by atoms with Gasteiger partial charge in [0.2, 0.25) is 12.7 Å². The summed E-state index contributed by atoms with van der Waals surface area (Å²) in [7, 11) is 0. The topological polar surface area (TPSA) is 67.9 Å². The van der Waals surface area contributed by atoms with Gasteiger partial charge in [-0.2, -0.15) is 0 Å². The van der Waals surface area contributed by atoms with Gasteiger partial charge >= 0.3 is 0 Å². The molecule has 0 saturated heterocycles. The molecule has 1 N–H and O–H groups in total. The predicted molar refractivity (Wildman–Crippen MR) is 89.3 cm³/mol. The number of halogens is 1. The Kier molecular flexibility index (Phi) is 4.83. The summed E-state index contributed by atoms with van der Waals surface area (Å²) >= 11 is 0. The van der Waals surface area contributed by atoms with Crippen LogP contribution in [0.1, 0.15) is 17.3 Å². The molecule has 0 atom stereocenters. The Balaban J connectivity index is 1.64. The number of rotatable bonds is 5. The highest BCUT2D eigenvalue weighted by molar-refractivity contribution is 5.95. The van der Waals surface area contributed by atoms with Gasteiger partial charge in [0, 0.05) is 31.8 Å². The van der Waals surface area contributed by atoms with E-state index in [9.17, 15) is 14.0 Å². The van der Waals surface area contributed by atoms with Gasteiger partial charge in [0.1, 0.15) is 5.82 Å². The van der Waals surface area contributed by atoms with Crippen molar-refractivity contribution in [3.05, 3.63) is 53.8 Å². The summed E-state index contributed by atoms with van der Waals surface area (Å²) in [5, 5.41) is 2.62. The molecule has 0 saturated carbocycles. The average molecular weight is 344 g/mol. The Bertz CT molecular complexity index is 809. The maximum Gasteiger partial charge on any atom is 0.254 e. The van der Waals surface area contributed by atoms with Crippen LogP contribution in [-0.4, -0.2) is 31.7 Å². The SMILES string of the molecule is CC(=O)N(CCNC(=O)c1ccccc1F)c1ccc2c(c1)OCO2. The number of carbonyl (C=O) groups is 2. The molecule has 2 amide bonds. The zero-order valence-electron chi connectivity index (χ0n) is 13.6. The number of fused-ring (bicyclic) bond motifs is 1. The van der Waals surface area contributed by atoms with Gasteiger partial charge in [-0.15, -0.1) is 0 Å². The molecule has 25 heavy (non-hydrogen) atoms. The summed E-state index contributed by atoms with van der Waals surface area (Å²) in [6, 6.07) is 10.9. The number of carbonyl (C=O) groups excluding carboxylic acids is 2. The average Bonchev–Trinajstić information content (AvgIpc) is 3.06. The third-order valence-electron chi connectivity index (χ3n) is 3.79. The minimum Gasteiger partial charge on any atom is -0.454 e.